The number of aromatic nitrogens is 1. The van der Waals surface area contributed by atoms with E-state index in [2.05, 4.69) is 20.9 Å². The fourth-order valence-electron chi connectivity index (χ4n) is 3.38. The molecule has 0 saturated carbocycles. The standard InChI is InChI=1S/C22H19BrN2O3S/c1-12-22(27)25(11-19(26)15-4-7-17(23)8-5-15)18-10-16(6-9-20(18)28-12)21-13(2)29-14(3)24-21/h4-10,12H,11H2,1-3H3. The van der Waals surface area contributed by atoms with Crippen LogP contribution in [-0.2, 0) is 4.79 Å². The summed E-state index contributed by atoms with van der Waals surface area (Å²) in [5.74, 6) is 0.234. The summed E-state index contributed by atoms with van der Waals surface area (Å²) in [5.41, 5.74) is 2.95. The number of ketones is 1. The van der Waals surface area contributed by atoms with Crippen molar-refractivity contribution in [3.8, 4) is 17.0 Å². The van der Waals surface area contributed by atoms with Crippen molar-refractivity contribution in [3.63, 3.8) is 0 Å². The Morgan fingerprint density at radius 3 is 2.59 bits per heavy atom. The summed E-state index contributed by atoms with van der Waals surface area (Å²) in [5, 5.41) is 0.985. The molecule has 3 aromatic rings. The molecule has 1 aliphatic rings. The summed E-state index contributed by atoms with van der Waals surface area (Å²) in [7, 11) is 0. The monoisotopic (exact) mass is 470 g/mol. The maximum atomic E-state index is 12.9. The number of ether oxygens (including phenoxy) is 1. The number of Topliss-reactive ketones (excluding diaryl/α,β-unsaturated/α-hetero) is 1. The number of hydrogen-bond acceptors (Lipinski definition) is 5. The Bertz CT molecular complexity index is 1110. The maximum absolute atomic E-state index is 12.9. The van der Waals surface area contributed by atoms with Crippen LogP contribution in [0.2, 0.25) is 0 Å². The van der Waals surface area contributed by atoms with E-state index in [9.17, 15) is 9.59 Å². The Morgan fingerprint density at radius 1 is 1.21 bits per heavy atom. The summed E-state index contributed by atoms with van der Waals surface area (Å²) >= 11 is 5.00. The van der Waals surface area contributed by atoms with E-state index in [-0.39, 0.29) is 18.2 Å². The minimum Gasteiger partial charge on any atom is -0.479 e. The summed E-state index contributed by atoms with van der Waals surface area (Å²) < 4.78 is 6.67. The maximum Gasteiger partial charge on any atom is 0.268 e. The van der Waals surface area contributed by atoms with Crippen LogP contribution in [-0.4, -0.2) is 29.3 Å². The van der Waals surface area contributed by atoms with E-state index in [0.717, 1.165) is 25.6 Å². The number of benzene rings is 2. The van der Waals surface area contributed by atoms with Crippen molar-refractivity contribution in [2.24, 2.45) is 0 Å². The number of hydrogen-bond donors (Lipinski definition) is 0. The molecule has 0 radical (unpaired) electrons. The van der Waals surface area contributed by atoms with Gasteiger partial charge in [0.1, 0.15) is 5.75 Å². The molecule has 4 rings (SSSR count). The van der Waals surface area contributed by atoms with Crippen LogP contribution in [0.25, 0.3) is 11.3 Å². The molecule has 1 amide bonds. The van der Waals surface area contributed by atoms with Crippen LogP contribution in [0, 0.1) is 13.8 Å². The number of anilines is 1. The van der Waals surface area contributed by atoms with Gasteiger partial charge in [-0.05, 0) is 51.1 Å². The van der Waals surface area contributed by atoms with E-state index >= 15 is 0 Å². The molecular weight excluding hydrogens is 452 g/mol. The summed E-state index contributed by atoms with van der Waals surface area (Å²) in [6.07, 6.45) is -0.644. The second kappa shape index (κ2) is 7.72. The van der Waals surface area contributed by atoms with Crippen LogP contribution in [0.1, 0.15) is 27.2 Å². The van der Waals surface area contributed by atoms with Gasteiger partial charge < -0.3 is 4.74 Å². The molecule has 148 valence electrons. The fourth-order valence-corrected chi connectivity index (χ4v) is 4.49. The number of rotatable bonds is 4. The van der Waals surface area contributed by atoms with Gasteiger partial charge >= 0.3 is 0 Å². The third kappa shape index (κ3) is 3.84. The third-order valence-corrected chi connectivity index (χ3v) is 6.23. The van der Waals surface area contributed by atoms with Gasteiger partial charge in [0.25, 0.3) is 5.91 Å². The molecule has 1 unspecified atom stereocenters. The predicted molar refractivity (Wildman–Crippen MR) is 118 cm³/mol. The normalized spacial score (nSPS) is 15.8. The number of aryl methyl sites for hydroxylation is 2. The van der Waals surface area contributed by atoms with Crippen molar-refractivity contribution in [2.45, 2.75) is 26.9 Å². The van der Waals surface area contributed by atoms with Gasteiger partial charge in [0.05, 0.1) is 22.9 Å². The lowest BCUT2D eigenvalue weighted by atomic mass is 10.1. The Labute approximate surface area is 181 Å². The van der Waals surface area contributed by atoms with Gasteiger partial charge in [0, 0.05) is 20.5 Å². The zero-order valence-corrected chi connectivity index (χ0v) is 18.6. The Morgan fingerprint density at radius 2 is 1.93 bits per heavy atom. The molecule has 2 aromatic carbocycles. The highest BCUT2D eigenvalue weighted by Crippen LogP contribution is 2.38. The van der Waals surface area contributed by atoms with Gasteiger partial charge in [-0.15, -0.1) is 11.3 Å². The van der Waals surface area contributed by atoms with Crippen molar-refractivity contribution in [2.75, 3.05) is 11.4 Å². The third-order valence-electron chi connectivity index (χ3n) is 4.81. The number of halogens is 1. The molecule has 0 fully saturated rings. The SMILES string of the molecule is Cc1nc(-c2ccc3c(c2)N(CC(=O)c2ccc(Br)cc2)C(=O)C(C)O3)c(C)s1. The molecule has 2 heterocycles. The highest BCUT2D eigenvalue weighted by molar-refractivity contribution is 9.10. The highest BCUT2D eigenvalue weighted by Gasteiger charge is 2.33. The quantitative estimate of drug-likeness (QED) is 0.492. The first kappa shape index (κ1) is 19.8. The van der Waals surface area contributed by atoms with Gasteiger partial charge in [-0.3, -0.25) is 14.5 Å². The first-order chi connectivity index (χ1) is 13.8. The van der Waals surface area contributed by atoms with E-state index < -0.39 is 6.10 Å². The predicted octanol–water partition coefficient (Wildman–Crippen LogP) is 5.19. The second-order valence-corrected chi connectivity index (χ2v) is 9.26. The number of carbonyl (C=O) groups excluding carboxylic acids is 2. The Balaban J connectivity index is 1.72. The number of fused-ring (bicyclic) bond motifs is 1. The molecular formula is C22H19BrN2O3S. The average Bonchev–Trinajstić information content (AvgIpc) is 3.03. The molecule has 1 aromatic heterocycles. The Hall–Kier alpha value is -2.51. The molecule has 0 saturated heterocycles. The summed E-state index contributed by atoms with van der Waals surface area (Å²) in [4.78, 5) is 32.9. The van der Waals surface area contributed by atoms with Crippen LogP contribution >= 0.6 is 27.3 Å². The Kier molecular flexibility index (Phi) is 5.27. The second-order valence-electron chi connectivity index (χ2n) is 6.93. The van der Waals surface area contributed by atoms with E-state index in [0.29, 0.717) is 17.0 Å². The van der Waals surface area contributed by atoms with Gasteiger partial charge in [0.15, 0.2) is 11.9 Å². The summed E-state index contributed by atoms with van der Waals surface area (Å²) in [6.45, 7) is 5.65. The van der Waals surface area contributed by atoms with Crippen LogP contribution in [0.3, 0.4) is 0 Å². The van der Waals surface area contributed by atoms with Crippen molar-refractivity contribution in [1.29, 1.82) is 0 Å². The fraction of sp³-hybridized carbons (Fsp3) is 0.227. The van der Waals surface area contributed by atoms with Crippen LogP contribution in [0.15, 0.2) is 46.9 Å². The lowest BCUT2D eigenvalue weighted by Crippen LogP contribution is -2.46. The van der Waals surface area contributed by atoms with Crippen molar-refractivity contribution < 1.29 is 14.3 Å². The largest absolute Gasteiger partial charge is 0.479 e. The van der Waals surface area contributed by atoms with Gasteiger partial charge in [0.2, 0.25) is 0 Å². The molecule has 0 bridgehead atoms. The molecule has 7 heteroatoms. The van der Waals surface area contributed by atoms with E-state index in [1.807, 2.05) is 44.2 Å². The minimum atomic E-state index is -0.644. The number of thiazole rings is 1. The zero-order chi connectivity index (χ0) is 20.7. The molecule has 1 aliphatic heterocycles. The van der Waals surface area contributed by atoms with Gasteiger partial charge in [-0.2, -0.15) is 0 Å². The van der Waals surface area contributed by atoms with E-state index in [1.54, 1.807) is 30.4 Å². The molecule has 29 heavy (non-hydrogen) atoms. The smallest absolute Gasteiger partial charge is 0.268 e. The van der Waals surface area contributed by atoms with Crippen LogP contribution in [0.5, 0.6) is 5.75 Å². The van der Waals surface area contributed by atoms with Crippen molar-refractivity contribution >= 4 is 44.6 Å². The average molecular weight is 471 g/mol. The van der Waals surface area contributed by atoms with Crippen LogP contribution in [0.4, 0.5) is 5.69 Å². The molecule has 1 atom stereocenters. The van der Waals surface area contributed by atoms with E-state index in [4.69, 9.17) is 4.74 Å². The minimum absolute atomic E-state index is 0.0420. The molecule has 0 N–H and O–H groups in total. The van der Waals surface area contributed by atoms with Crippen molar-refractivity contribution in [1.82, 2.24) is 4.98 Å². The molecule has 5 nitrogen and oxygen atoms in total. The topological polar surface area (TPSA) is 59.5 Å². The lowest BCUT2D eigenvalue weighted by molar-refractivity contribution is -0.125. The lowest BCUT2D eigenvalue weighted by Gasteiger charge is -2.33. The highest BCUT2D eigenvalue weighted by atomic mass is 79.9. The summed E-state index contributed by atoms with van der Waals surface area (Å²) in [6, 6.07) is 12.8. The van der Waals surface area contributed by atoms with E-state index in [1.165, 1.54) is 4.90 Å². The number of nitrogens with zero attached hydrogens (tertiary/aromatic N) is 2. The number of carbonyl (C=O) groups is 2. The van der Waals surface area contributed by atoms with Crippen LogP contribution < -0.4 is 9.64 Å². The van der Waals surface area contributed by atoms with Crippen molar-refractivity contribution in [3.05, 3.63) is 62.4 Å². The number of amides is 1. The first-order valence-corrected chi connectivity index (χ1v) is 10.8. The van der Waals surface area contributed by atoms with Gasteiger partial charge in [-0.25, -0.2) is 4.98 Å². The zero-order valence-electron chi connectivity index (χ0n) is 16.2. The van der Waals surface area contributed by atoms with Gasteiger partial charge in [-0.1, -0.05) is 28.1 Å². The molecule has 0 aliphatic carbocycles. The molecule has 0 spiro atoms. The first-order valence-electron chi connectivity index (χ1n) is 9.18.